The van der Waals surface area contributed by atoms with Crippen molar-refractivity contribution >= 4 is 23.5 Å². The molecular formula is C20H23FN6O4. The number of aromatic nitrogens is 2. The Morgan fingerprint density at radius 1 is 1.32 bits per heavy atom. The van der Waals surface area contributed by atoms with Crippen LogP contribution in [0.1, 0.15) is 29.4 Å². The van der Waals surface area contributed by atoms with Crippen molar-refractivity contribution in [3.05, 3.63) is 47.7 Å². The number of methoxy groups -OCH3 is 1. The van der Waals surface area contributed by atoms with Gasteiger partial charge in [-0.25, -0.2) is 19.4 Å². The molecule has 0 saturated heterocycles. The van der Waals surface area contributed by atoms with Crippen LogP contribution in [0.3, 0.4) is 0 Å². The molecule has 1 aliphatic heterocycles. The van der Waals surface area contributed by atoms with E-state index in [-0.39, 0.29) is 35.4 Å². The normalized spacial score (nSPS) is 18.5. The number of aliphatic imine (C=N–C) groups is 1. The molecule has 1 aromatic carbocycles. The quantitative estimate of drug-likeness (QED) is 0.633. The summed E-state index contributed by atoms with van der Waals surface area (Å²) in [5, 5.41) is 2.64. The van der Waals surface area contributed by atoms with Crippen LogP contribution in [0.15, 0.2) is 35.6 Å². The van der Waals surface area contributed by atoms with Crippen molar-refractivity contribution in [1.29, 1.82) is 0 Å². The minimum Gasteiger partial charge on any atom is -0.474 e. The average Bonchev–Trinajstić information content (AvgIpc) is 2.74. The average molecular weight is 430 g/mol. The molecule has 1 aliphatic rings. The second-order valence-corrected chi connectivity index (χ2v) is 7.10. The lowest BCUT2D eigenvalue weighted by molar-refractivity contribution is -0.128. The summed E-state index contributed by atoms with van der Waals surface area (Å²) in [6, 6.07) is 4.03. The van der Waals surface area contributed by atoms with Crippen LogP contribution in [-0.4, -0.2) is 60.0 Å². The van der Waals surface area contributed by atoms with Crippen molar-refractivity contribution < 1.29 is 23.5 Å². The van der Waals surface area contributed by atoms with Gasteiger partial charge in [0.2, 0.25) is 11.8 Å². The van der Waals surface area contributed by atoms with Crippen molar-refractivity contribution in [3.8, 4) is 5.88 Å². The molecule has 0 aliphatic carbocycles. The Hall–Kier alpha value is -3.60. The Morgan fingerprint density at radius 3 is 2.74 bits per heavy atom. The van der Waals surface area contributed by atoms with E-state index in [1.54, 1.807) is 14.0 Å². The maximum atomic E-state index is 14.6. The fourth-order valence-electron chi connectivity index (χ4n) is 3.01. The Bertz CT molecular complexity index is 1010. The van der Waals surface area contributed by atoms with Crippen molar-refractivity contribution in [3.63, 3.8) is 0 Å². The zero-order valence-electron chi connectivity index (χ0n) is 17.4. The molecule has 0 spiro atoms. The fourth-order valence-corrected chi connectivity index (χ4v) is 3.01. The molecule has 3 rings (SSSR count). The predicted octanol–water partition coefficient (Wildman–Crippen LogP) is 1.29. The highest BCUT2D eigenvalue weighted by molar-refractivity contribution is 6.03. The first kappa shape index (κ1) is 22.1. The van der Waals surface area contributed by atoms with Crippen LogP contribution >= 0.6 is 0 Å². The number of nitrogens with two attached hydrogens (primary N) is 1. The standard InChI is InChI=1S/C20H23FN6O4/c1-20(9-17(28)27(2)19(22)26-20)13-8-12(4-5-14(13)21)25-18(29)15-10-24-16(11-23-15)31-7-6-30-3/h4-5,8,10-11H,6-7,9H2,1-3H3,(H2,22,26)(H,25,29). The van der Waals surface area contributed by atoms with Crippen molar-refractivity contribution in [2.75, 3.05) is 32.7 Å². The van der Waals surface area contributed by atoms with Crippen LogP contribution in [0.5, 0.6) is 5.88 Å². The molecule has 2 heterocycles. The number of halogens is 1. The first-order chi connectivity index (χ1) is 14.7. The van der Waals surface area contributed by atoms with Crippen LogP contribution in [0, 0.1) is 5.82 Å². The molecule has 0 bridgehead atoms. The molecule has 2 aromatic rings. The van der Waals surface area contributed by atoms with Gasteiger partial charge in [-0.1, -0.05) is 0 Å². The number of hydrogen-bond donors (Lipinski definition) is 2. The van der Waals surface area contributed by atoms with Crippen molar-refractivity contribution in [1.82, 2.24) is 14.9 Å². The zero-order chi connectivity index (χ0) is 22.6. The summed E-state index contributed by atoms with van der Waals surface area (Å²) < 4.78 is 24.8. The first-order valence-electron chi connectivity index (χ1n) is 9.40. The first-order valence-corrected chi connectivity index (χ1v) is 9.40. The van der Waals surface area contributed by atoms with Gasteiger partial charge in [0, 0.05) is 25.4 Å². The number of benzene rings is 1. The van der Waals surface area contributed by atoms with E-state index in [4.69, 9.17) is 15.2 Å². The maximum Gasteiger partial charge on any atom is 0.275 e. The van der Waals surface area contributed by atoms with Gasteiger partial charge in [0.15, 0.2) is 5.96 Å². The summed E-state index contributed by atoms with van der Waals surface area (Å²) in [6.07, 6.45) is 2.53. The van der Waals surface area contributed by atoms with E-state index in [9.17, 15) is 14.0 Å². The maximum absolute atomic E-state index is 14.6. The molecule has 0 fully saturated rings. The number of guanidine groups is 1. The molecule has 2 amide bonds. The second-order valence-electron chi connectivity index (χ2n) is 7.10. The van der Waals surface area contributed by atoms with Crippen LogP contribution in [-0.2, 0) is 15.1 Å². The molecule has 0 saturated carbocycles. The lowest BCUT2D eigenvalue weighted by Crippen LogP contribution is -2.47. The molecule has 0 radical (unpaired) electrons. The zero-order valence-corrected chi connectivity index (χ0v) is 17.4. The number of anilines is 1. The highest BCUT2D eigenvalue weighted by atomic mass is 19.1. The molecule has 31 heavy (non-hydrogen) atoms. The molecule has 3 N–H and O–H groups in total. The van der Waals surface area contributed by atoms with E-state index in [1.807, 2.05) is 0 Å². The molecule has 11 heteroatoms. The van der Waals surface area contributed by atoms with Gasteiger partial charge in [-0.15, -0.1) is 0 Å². The topological polar surface area (TPSA) is 132 Å². The van der Waals surface area contributed by atoms with E-state index < -0.39 is 17.3 Å². The minimum atomic E-state index is -1.19. The molecule has 164 valence electrons. The summed E-state index contributed by atoms with van der Waals surface area (Å²) in [4.78, 5) is 38.3. The number of carbonyl (C=O) groups excluding carboxylic acids is 2. The highest BCUT2D eigenvalue weighted by Crippen LogP contribution is 2.35. The Balaban J connectivity index is 1.78. The second kappa shape index (κ2) is 9.04. The van der Waals surface area contributed by atoms with E-state index in [2.05, 4.69) is 20.3 Å². The molecule has 10 nitrogen and oxygen atoms in total. The lowest BCUT2D eigenvalue weighted by Gasteiger charge is -2.34. The van der Waals surface area contributed by atoms with Gasteiger partial charge in [0.1, 0.15) is 18.1 Å². The SMILES string of the molecule is COCCOc1cnc(C(=O)Nc2ccc(F)c(C3(C)CC(=O)N(C)C(N)=N3)c2)cn1. The van der Waals surface area contributed by atoms with E-state index in [0.29, 0.717) is 18.9 Å². The van der Waals surface area contributed by atoms with Crippen molar-refractivity contribution in [2.45, 2.75) is 18.9 Å². The number of rotatable bonds is 7. The molecule has 1 unspecified atom stereocenters. The summed E-state index contributed by atoms with van der Waals surface area (Å²) in [6.45, 7) is 2.31. The van der Waals surface area contributed by atoms with Gasteiger partial charge in [0.05, 0.1) is 31.0 Å². The largest absolute Gasteiger partial charge is 0.474 e. The number of nitrogens with one attached hydrogen (secondary N) is 1. The smallest absolute Gasteiger partial charge is 0.275 e. The summed E-state index contributed by atoms with van der Waals surface area (Å²) in [7, 11) is 3.05. The molecule has 1 atom stereocenters. The van der Waals surface area contributed by atoms with Crippen LogP contribution in [0.4, 0.5) is 10.1 Å². The predicted molar refractivity (Wildman–Crippen MR) is 110 cm³/mol. The number of nitrogens with zero attached hydrogens (tertiary/aromatic N) is 4. The van der Waals surface area contributed by atoms with Gasteiger partial charge in [-0.3, -0.25) is 14.5 Å². The van der Waals surface area contributed by atoms with Crippen molar-refractivity contribution in [2.24, 2.45) is 10.7 Å². The van der Waals surface area contributed by atoms with E-state index in [0.717, 1.165) is 0 Å². The third-order valence-electron chi connectivity index (χ3n) is 4.78. The number of carbonyl (C=O) groups is 2. The number of hydrogen-bond acceptors (Lipinski definition) is 8. The summed E-state index contributed by atoms with van der Waals surface area (Å²) in [5.74, 6) is -1.14. The Labute approximate surface area is 178 Å². The summed E-state index contributed by atoms with van der Waals surface area (Å²) >= 11 is 0. The van der Waals surface area contributed by atoms with Gasteiger partial charge >= 0.3 is 0 Å². The lowest BCUT2D eigenvalue weighted by atomic mass is 9.87. The summed E-state index contributed by atoms with van der Waals surface area (Å²) in [5.41, 5.74) is 5.11. The van der Waals surface area contributed by atoms with Gasteiger partial charge in [-0.2, -0.15) is 0 Å². The van der Waals surface area contributed by atoms with Gasteiger partial charge in [-0.05, 0) is 25.1 Å². The minimum absolute atomic E-state index is 0.00401. The number of ether oxygens (including phenoxy) is 2. The van der Waals surface area contributed by atoms with E-state index in [1.165, 1.54) is 42.5 Å². The monoisotopic (exact) mass is 430 g/mol. The number of amides is 2. The van der Waals surface area contributed by atoms with Gasteiger partial charge < -0.3 is 20.5 Å². The fraction of sp³-hybridized carbons (Fsp3) is 0.350. The van der Waals surface area contributed by atoms with Crippen LogP contribution in [0.25, 0.3) is 0 Å². The Kier molecular flexibility index (Phi) is 6.44. The third-order valence-corrected chi connectivity index (χ3v) is 4.78. The van der Waals surface area contributed by atoms with Crippen LogP contribution in [0.2, 0.25) is 0 Å². The van der Waals surface area contributed by atoms with Gasteiger partial charge in [0.25, 0.3) is 5.91 Å². The molecule has 1 aromatic heterocycles. The third kappa shape index (κ3) is 4.94. The van der Waals surface area contributed by atoms with E-state index >= 15 is 0 Å². The Morgan fingerprint density at radius 2 is 2.10 bits per heavy atom. The highest BCUT2D eigenvalue weighted by Gasteiger charge is 2.38. The van der Waals surface area contributed by atoms with Crippen LogP contribution < -0.4 is 15.8 Å². The molecular weight excluding hydrogens is 407 g/mol.